The number of hydrogen-bond acceptors (Lipinski definition) is 3. The number of aryl methyl sites for hydroxylation is 1. The van der Waals surface area contributed by atoms with Crippen molar-refractivity contribution < 1.29 is 9.53 Å². The average molecular weight is 189 g/mol. The smallest absolute Gasteiger partial charge is 0.311 e. The summed E-state index contributed by atoms with van der Waals surface area (Å²) in [5, 5.41) is 4.26. The zero-order chi connectivity index (χ0) is 9.14. The molecule has 0 fully saturated rings. The van der Waals surface area contributed by atoms with Gasteiger partial charge in [0.05, 0.1) is 19.2 Å². The Morgan fingerprint density at radius 1 is 1.83 bits per heavy atom. The van der Waals surface area contributed by atoms with Crippen LogP contribution in [0.5, 0.6) is 0 Å². The van der Waals surface area contributed by atoms with Gasteiger partial charge in [0.1, 0.15) is 0 Å². The summed E-state index contributed by atoms with van der Waals surface area (Å²) in [5.74, 6) is -0.297. The quantitative estimate of drug-likeness (QED) is 0.645. The highest BCUT2D eigenvalue weighted by Gasteiger charge is 2.08. The van der Waals surface area contributed by atoms with Crippen LogP contribution < -0.4 is 0 Å². The standard InChI is InChI=1S/C7H9ClN2O2/c1-10-5(3-6(8)9-10)4-7(11)12-2/h3H,4H2,1-2H3. The van der Waals surface area contributed by atoms with Crippen molar-refractivity contribution in [3.63, 3.8) is 0 Å². The maximum Gasteiger partial charge on any atom is 0.311 e. The Hall–Kier alpha value is -1.03. The monoisotopic (exact) mass is 188 g/mol. The number of rotatable bonds is 2. The molecule has 5 heteroatoms. The molecule has 0 aliphatic heterocycles. The summed E-state index contributed by atoms with van der Waals surface area (Å²) in [6, 6.07) is 1.64. The largest absolute Gasteiger partial charge is 0.469 e. The first-order valence-corrected chi connectivity index (χ1v) is 3.76. The molecule has 0 radical (unpaired) electrons. The van der Waals surface area contributed by atoms with Crippen LogP contribution in [0.2, 0.25) is 5.15 Å². The fourth-order valence-electron chi connectivity index (χ4n) is 0.853. The molecule has 0 spiro atoms. The highest BCUT2D eigenvalue weighted by molar-refractivity contribution is 6.29. The summed E-state index contributed by atoms with van der Waals surface area (Å²) in [6.45, 7) is 0. The molecule has 0 N–H and O–H groups in total. The second-order valence-electron chi connectivity index (χ2n) is 2.33. The molecule has 0 amide bonds. The van der Waals surface area contributed by atoms with Gasteiger partial charge in [-0.1, -0.05) is 11.6 Å². The van der Waals surface area contributed by atoms with Gasteiger partial charge < -0.3 is 4.74 Å². The van der Waals surface area contributed by atoms with Crippen molar-refractivity contribution in [3.05, 3.63) is 16.9 Å². The van der Waals surface area contributed by atoms with Gasteiger partial charge in [0.2, 0.25) is 0 Å². The minimum atomic E-state index is -0.297. The summed E-state index contributed by atoms with van der Waals surface area (Å²) >= 11 is 5.61. The molecule has 0 aliphatic rings. The number of aromatic nitrogens is 2. The van der Waals surface area contributed by atoms with Gasteiger partial charge in [-0.2, -0.15) is 5.10 Å². The first-order valence-electron chi connectivity index (χ1n) is 3.38. The lowest BCUT2D eigenvalue weighted by molar-refractivity contribution is -0.139. The molecule has 0 atom stereocenters. The van der Waals surface area contributed by atoms with Crippen molar-refractivity contribution in [1.29, 1.82) is 0 Å². The highest BCUT2D eigenvalue weighted by Crippen LogP contribution is 2.08. The topological polar surface area (TPSA) is 44.1 Å². The normalized spacial score (nSPS) is 9.92. The first kappa shape index (κ1) is 9.06. The van der Waals surface area contributed by atoms with E-state index in [0.29, 0.717) is 5.15 Å². The van der Waals surface area contributed by atoms with Crippen LogP contribution in [-0.4, -0.2) is 22.9 Å². The molecule has 0 unspecified atom stereocenters. The third-order valence-corrected chi connectivity index (χ3v) is 1.68. The maximum absolute atomic E-state index is 10.8. The molecular formula is C7H9ClN2O2. The molecule has 1 heterocycles. The number of carbonyl (C=O) groups is 1. The molecule has 12 heavy (non-hydrogen) atoms. The molecular weight excluding hydrogens is 180 g/mol. The molecule has 0 aromatic carbocycles. The van der Waals surface area contributed by atoms with Gasteiger partial charge in [-0.05, 0) is 6.07 Å². The van der Waals surface area contributed by atoms with Crippen molar-refractivity contribution in [1.82, 2.24) is 9.78 Å². The number of halogens is 1. The van der Waals surface area contributed by atoms with Crippen molar-refractivity contribution in [2.45, 2.75) is 6.42 Å². The van der Waals surface area contributed by atoms with Gasteiger partial charge >= 0.3 is 5.97 Å². The van der Waals surface area contributed by atoms with Crippen LogP contribution in [0.3, 0.4) is 0 Å². The Bertz CT molecular complexity index is 296. The Morgan fingerprint density at radius 2 is 2.50 bits per heavy atom. The number of ether oxygens (including phenoxy) is 1. The van der Waals surface area contributed by atoms with Gasteiger partial charge in [-0.3, -0.25) is 9.48 Å². The van der Waals surface area contributed by atoms with Crippen LogP contribution in [-0.2, 0) is 23.0 Å². The van der Waals surface area contributed by atoms with E-state index in [9.17, 15) is 4.79 Å². The Kier molecular flexibility index (Phi) is 2.70. The van der Waals surface area contributed by atoms with Crippen LogP contribution in [0.4, 0.5) is 0 Å². The zero-order valence-corrected chi connectivity index (χ0v) is 7.63. The lowest BCUT2D eigenvalue weighted by atomic mass is 10.3. The summed E-state index contributed by atoms with van der Waals surface area (Å²) in [6.07, 6.45) is 0.201. The van der Waals surface area contributed by atoms with E-state index in [0.717, 1.165) is 5.69 Å². The molecule has 1 aromatic heterocycles. The van der Waals surface area contributed by atoms with Crippen LogP contribution >= 0.6 is 11.6 Å². The molecule has 0 saturated heterocycles. The van der Waals surface area contributed by atoms with Gasteiger partial charge in [0, 0.05) is 7.05 Å². The molecule has 0 bridgehead atoms. The fraction of sp³-hybridized carbons (Fsp3) is 0.429. The van der Waals surface area contributed by atoms with E-state index in [2.05, 4.69) is 9.84 Å². The Morgan fingerprint density at radius 3 is 2.92 bits per heavy atom. The van der Waals surface area contributed by atoms with Gasteiger partial charge in [0.25, 0.3) is 0 Å². The SMILES string of the molecule is COC(=O)Cc1cc(Cl)nn1C. The van der Waals surface area contributed by atoms with Crippen molar-refractivity contribution >= 4 is 17.6 Å². The van der Waals surface area contributed by atoms with E-state index < -0.39 is 0 Å². The lowest BCUT2D eigenvalue weighted by Gasteiger charge is -1.98. The predicted octanol–water partition coefficient (Wildman–Crippen LogP) is 0.789. The molecule has 1 aromatic rings. The predicted molar refractivity (Wildman–Crippen MR) is 43.9 cm³/mol. The van der Waals surface area contributed by atoms with Crippen LogP contribution in [0.1, 0.15) is 5.69 Å². The summed E-state index contributed by atoms with van der Waals surface area (Å²) < 4.78 is 6.05. The number of carbonyl (C=O) groups excluding carboxylic acids is 1. The van der Waals surface area contributed by atoms with Crippen molar-refractivity contribution in [2.75, 3.05) is 7.11 Å². The Balaban J connectivity index is 2.75. The second kappa shape index (κ2) is 3.58. The van der Waals surface area contributed by atoms with E-state index in [1.54, 1.807) is 17.8 Å². The molecule has 1 rings (SSSR count). The van der Waals surface area contributed by atoms with E-state index in [1.807, 2.05) is 0 Å². The maximum atomic E-state index is 10.8. The van der Waals surface area contributed by atoms with Crippen LogP contribution in [0, 0.1) is 0 Å². The van der Waals surface area contributed by atoms with Crippen molar-refractivity contribution in [2.24, 2.45) is 7.05 Å². The number of esters is 1. The summed E-state index contributed by atoms with van der Waals surface area (Å²) in [4.78, 5) is 10.8. The lowest BCUT2D eigenvalue weighted by Crippen LogP contribution is -2.08. The molecule has 66 valence electrons. The van der Waals surface area contributed by atoms with Crippen LogP contribution in [0.15, 0.2) is 6.07 Å². The van der Waals surface area contributed by atoms with E-state index in [1.165, 1.54) is 7.11 Å². The van der Waals surface area contributed by atoms with E-state index in [4.69, 9.17) is 11.6 Å². The van der Waals surface area contributed by atoms with Crippen molar-refractivity contribution in [3.8, 4) is 0 Å². The minimum absolute atomic E-state index is 0.201. The minimum Gasteiger partial charge on any atom is -0.469 e. The van der Waals surface area contributed by atoms with Gasteiger partial charge in [-0.15, -0.1) is 0 Å². The number of methoxy groups -OCH3 is 1. The summed E-state index contributed by atoms with van der Waals surface area (Å²) in [5.41, 5.74) is 0.742. The number of nitrogens with zero attached hydrogens (tertiary/aromatic N) is 2. The fourth-order valence-corrected chi connectivity index (χ4v) is 1.09. The summed E-state index contributed by atoms with van der Waals surface area (Å²) in [7, 11) is 3.07. The molecule has 4 nitrogen and oxygen atoms in total. The van der Waals surface area contributed by atoms with Crippen LogP contribution in [0.25, 0.3) is 0 Å². The third-order valence-electron chi connectivity index (χ3n) is 1.50. The average Bonchev–Trinajstić information content (AvgIpc) is 2.30. The highest BCUT2D eigenvalue weighted by atomic mass is 35.5. The van der Waals surface area contributed by atoms with Gasteiger partial charge in [0.15, 0.2) is 5.15 Å². The molecule has 0 aliphatic carbocycles. The van der Waals surface area contributed by atoms with E-state index in [-0.39, 0.29) is 12.4 Å². The van der Waals surface area contributed by atoms with E-state index >= 15 is 0 Å². The van der Waals surface area contributed by atoms with Gasteiger partial charge in [-0.25, -0.2) is 0 Å². The third kappa shape index (κ3) is 1.98. The Labute approximate surface area is 75.1 Å². The zero-order valence-electron chi connectivity index (χ0n) is 6.87. The first-order chi connectivity index (χ1) is 5.63. The molecule has 0 saturated carbocycles. The number of hydrogen-bond donors (Lipinski definition) is 0. The second-order valence-corrected chi connectivity index (χ2v) is 2.72.